The lowest BCUT2D eigenvalue weighted by Crippen LogP contribution is -2.40. The molecule has 0 aromatic heterocycles. The highest BCUT2D eigenvalue weighted by Gasteiger charge is 2.16. The van der Waals surface area contributed by atoms with E-state index in [1.807, 2.05) is 6.07 Å². The van der Waals surface area contributed by atoms with Crippen LogP contribution in [0.3, 0.4) is 0 Å². The molecule has 7 nitrogen and oxygen atoms in total. The quantitative estimate of drug-likeness (QED) is 0.652. The van der Waals surface area contributed by atoms with Crippen LogP contribution < -0.4 is 10.6 Å². The fraction of sp³-hybridized carbons (Fsp3) is 0.357. The predicted molar refractivity (Wildman–Crippen MR) is 74.6 cm³/mol. The third-order valence-corrected chi connectivity index (χ3v) is 2.78. The van der Waals surface area contributed by atoms with Gasteiger partial charge in [0.2, 0.25) is 0 Å². The van der Waals surface area contributed by atoms with Gasteiger partial charge in [0.15, 0.2) is 0 Å². The molecule has 1 atom stereocenters. The summed E-state index contributed by atoms with van der Waals surface area (Å²) in [5.41, 5.74) is 0.798. The van der Waals surface area contributed by atoms with Gasteiger partial charge in [0, 0.05) is 6.42 Å². The van der Waals surface area contributed by atoms with Crippen LogP contribution in [0.1, 0.15) is 24.4 Å². The van der Waals surface area contributed by atoms with Crippen molar-refractivity contribution in [2.75, 3.05) is 13.7 Å². The van der Waals surface area contributed by atoms with Gasteiger partial charge in [0.1, 0.15) is 6.54 Å². The number of rotatable bonds is 7. The van der Waals surface area contributed by atoms with E-state index in [0.717, 1.165) is 5.56 Å². The number of esters is 1. The molecule has 0 aliphatic carbocycles. The van der Waals surface area contributed by atoms with E-state index < -0.39 is 24.0 Å². The van der Waals surface area contributed by atoms with Crippen LogP contribution in [0.25, 0.3) is 0 Å². The molecule has 1 aromatic rings. The van der Waals surface area contributed by atoms with E-state index >= 15 is 0 Å². The van der Waals surface area contributed by atoms with Crippen LogP contribution >= 0.6 is 0 Å². The molecule has 0 saturated heterocycles. The second kappa shape index (κ2) is 8.57. The number of ether oxygens (including phenoxy) is 1. The van der Waals surface area contributed by atoms with Gasteiger partial charge in [-0.25, -0.2) is 4.79 Å². The molecule has 1 unspecified atom stereocenters. The van der Waals surface area contributed by atoms with Crippen molar-refractivity contribution in [3.63, 3.8) is 0 Å². The molecule has 21 heavy (non-hydrogen) atoms. The molecular formula is C14H18N2O5. The molecule has 2 amide bonds. The molecule has 1 aromatic carbocycles. The molecule has 0 spiro atoms. The zero-order valence-corrected chi connectivity index (χ0v) is 11.7. The number of carbonyl (C=O) groups excluding carboxylic acids is 2. The number of hydrogen-bond donors (Lipinski definition) is 3. The van der Waals surface area contributed by atoms with Crippen molar-refractivity contribution in [2.45, 2.75) is 18.9 Å². The van der Waals surface area contributed by atoms with Crippen LogP contribution in [-0.4, -0.2) is 36.7 Å². The van der Waals surface area contributed by atoms with Crippen molar-refractivity contribution in [3.8, 4) is 0 Å². The average Bonchev–Trinajstić information content (AvgIpc) is 2.49. The van der Waals surface area contributed by atoms with E-state index in [-0.39, 0.29) is 19.4 Å². The molecule has 0 saturated carbocycles. The van der Waals surface area contributed by atoms with Gasteiger partial charge in [0.05, 0.1) is 13.2 Å². The van der Waals surface area contributed by atoms with Crippen LogP contribution in [0.5, 0.6) is 0 Å². The van der Waals surface area contributed by atoms with Gasteiger partial charge in [-0.2, -0.15) is 0 Å². The molecule has 0 aliphatic heterocycles. The second-order valence-corrected chi connectivity index (χ2v) is 4.30. The number of nitrogens with one attached hydrogen (secondary N) is 2. The number of aliphatic carboxylic acids is 1. The van der Waals surface area contributed by atoms with Crippen molar-refractivity contribution in [3.05, 3.63) is 35.9 Å². The first-order valence-electron chi connectivity index (χ1n) is 6.41. The fourth-order valence-electron chi connectivity index (χ4n) is 1.71. The van der Waals surface area contributed by atoms with E-state index in [4.69, 9.17) is 5.11 Å². The van der Waals surface area contributed by atoms with E-state index in [2.05, 4.69) is 15.4 Å². The Morgan fingerprint density at radius 1 is 1.24 bits per heavy atom. The number of benzene rings is 1. The number of hydrogen-bond acceptors (Lipinski definition) is 4. The van der Waals surface area contributed by atoms with E-state index in [0.29, 0.717) is 0 Å². The maximum absolute atomic E-state index is 11.7. The van der Waals surface area contributed by atoms with Gasteiger partial charge >= 0.3 is 18.0 Å². The minimum atomic E-state index is -0.937. The zero-order chi connectivity index (χ0) is 15.7. The first-order chi connectivity index (χ1) is 10.0. The number of carbonyl (C=O) groups is 3. The first kappa shape index (κ1) is 16.5. The van der Waals surface area contributed by atoms with Crippen molar-refractivity contribution in [1.29, 1.82) is 0 Å². The Labute approximate surface area is 122 Å². The number of carboxylic acid groups (broad SMARTS) is 1. The maximum atomic E-state index is 11.7. The lowest BCUT2D eigenvalue weighted by molar-refractivity contribution is -0.139. The van der Waals surface area contributed by atoms with Gasteiger partial charge < -0.3 is 20.5 Å². The molecule has 7 heteroatoms. The Balaban J connectivity index is 2.62. The molecule has 0 heterocycles. The van der Waals surface area contributed by atoms with Gasteiger partial charge in [-0.05, 0) is 12.0 Å². The Morgan fingerprint density at radius 2 is 1.90 bits per heavy atom. The number of amides is 2. The highest BCUT2D eigenvalue weighted by atomic mass is 16.5. The standard InChI is InChI=1S/C14H18N2O5/c1-21-13(19)9-15-14(20)16-11(7-8-12(17)18)10-5-3-2-4-6-10/h2-6,11H,7-9H2,1H3,(H,17,18)(H2,15,16,20). The van der Waals surface area contributed by atoms with E-state index in [9.17, 15) is 14.4 Å². The highest BCUT2D eigenvalue weighted by molar-refractivity contribution is 5.81. The smallest absolute Gasteiger partial charge is 0.325 e. The molecule has 0 bridgehead atoms. The van der Waals surface area contributed by atoms with Gasteiger partial charge in [-0.15, -0.1) is 0 Å². The zero-order valence-electron chi connectivity index (χ0n) is 11.7. The summed E-state index contributed by atoms with van der Waals surface area (Å²) in [4.78, 5) is 33.3. The Morgan fingerprint density at radius 3 is 2.48 bits per heavy atom. The summed E-state index contributed by atoms with van der Waals surface area (Å²) in [6.45, 7) is -0.247. The van der Waals surface area contributed by atoms with Crippen LogP contribution in [0.4, 0.5) is 4.79 Å². The molecule has 114 valence electrons. The Kier molecular flexibility index (Phi) is 6.73. The lowest BCUT2D eigenvalue weighted by Gasteiger charge is -2.18. The number of methoxy groups -OCH3 is 1. The summed E-state index contributed by atoms with van der Waals surface area (Å²) >= 11 is 0. The summed E-state index contributed by atoms with van der Waals surface area (Å²) < 4.78 is 4.41. The minimum Gasteiger partial charge on any atom is -0.481 e. The first-order valence-corrected chi connectivity index (χ1v) is 6.41. The third-order valence-electron chi connectivity index (χ3n) is 2.78. The Hall–Kier alpha value is -2.57. The van der Waals surface area contributed by atoms with Crippen LogP contribution in [0.15, 0.2) is 30.3 Å². The number of carboxylic acids is 1. The summed E-state index contributed by atoms with van der Waals surface area (Å²) in [7, 11) is 1.22. The van der Waals surface area contributed by atoms with Gasteiger partial charge in [0.25, 0.3) is 0 Å². The molecule has 0 radical (unpaired) electrons. The molecule has 0 fully saturated rings. The SMILES string of the molecule is COC(=O)CNC(=O)NC(CCC(=O)O)c1ccccc1. The minimum absolute atomic E-state index is 0.0726. The van der Waals surface area contributed by atoms with Crippen LogP contribution in [0, 0.1) is 0 Å². The van der Waals surface area contributed by atoms with Gasteiger partial charge in [-0.3, -0.25) is 9.59 Å². The fourth-order valence-corrected chi connectivity index (χ4v) is 1.71. The average molecular weight is 294 g/mol. The summed E-state index contributed by atoms with van der Waals surface area (Å²) in [5.74, 6) is -1.50. The van der Waals surface area contributed by atoms with Gasteiger partial charge in [-0.1, -0.05) is 30.3 Å². The second-order valence-electron chi connectivity index (χ2n) is 4.30. The molecular weight excluding hydrogens is 276 g/mol. The third kappa shape index (κ3) is 6.42. The molecule has 3 N–H and O–H groups in total. The largest absolute Gasteiger partial charge is 0.481 e. The summed E-state index contributed by atoms with van der Waals surface area (Å²) in [5, 5.41) is 13.8. The predicted octanol–water partition coefficient (Wildman–Crippen LogP) is 1.06. The highest BCUT2D eigenvalue weighted by Crippen LogP contribution is 2.18. The molecule has 0 aliphatic rings. The van der Waals surface area contributed by atoms with Crippen molar-refractivity contribution < 1.29 is 24.2 Å². The van der Waals surface area contributed by atoms with Crippen LogP contribution in [-0.2, 0) is 14.3 Å². The maximum Gasteiger partial charge on any atom is 0.325 e. The molecule has 1 rings (SSSR count). The lowest BCUT2D eigenvalue weighted by atomic mass is 10.0. The van der Waals surface area contributed by atoms with E-state index in [1.54, 1.807) is 24.3 Å². The van der Waals surface area contributed by atoms with Crippen molar-refractivity contribution in [1.82, 2.24) is 10.6 Å². The van der Waals surface area contributed by atoms with Crippen molar-refractivity contribution in [2.24, 2.45) is 0 Å². The van der Waals surface area contributed by atoms with E-state index in [1.165, 1.54) is 7.11 Å². The van der Waals surface area contributed by atoms with Crippen molar-refractivity contribution >= 4 is 18.0 Å². The normalized spacial score (nSPS) is 11.3. The summed E-state index contributed by atoms with van der Waals surface area (Å²) in [6, 6.07) is 8.03. The number of urea groups is 1. The Bertz CT molecular complexity index is 489. The monoisotopic (exact) mass is 294 g/mol. The summed E-state index contributed by atoms with van der Waals surface area (Å²) in [6.07, 6.45) is 0.182. The topological polar surface area (TPSA) is 105 Å². The van der Waals surface area contributed by atoms with Crippen LogP contribution in [0.2, 0.25) is 0 Å².